The summed E-state index contributed by atoms with van der Waals surface area (Å²) in [7, 11) is 0. The fraction of sp³-hybridized carbons (Fsp3) is 0.231. The van der Waals surface area contributed by atoms with Crippen LogP contribution in [0, 0.1) is 16.7 Å². The summed E-state index contributed by atoms with van der Waals surface area (Å²) in [4.78, 5) is 4.51. The van der Waals surface area contributed by atoms with E-state index in [9.17, 15) is 0 Å². The first-order valence-electron chi connectivity index (χ1n) is 6.34. The monoisotopic (exact) mass is 283 g/mol. The van der Waals surface area contributed by atoms with E-state index in [0.717, 1.165) is 23.4 Å². The largest absolute Gasteiger partial charge is 0.382 e. The summed E-state index contributed by atoms with van der Waals surface area (Å²) in [6, 6.07) is 7.36. The Morgan fingerprint density at radius 2 is 2.43 bits per heavy atom. The van der Waals surface area contributed by atoms with E-state index in [1.54, 1.807) is 6.07 Å². The van der Waals surface area contributed by atoms with Crippen molar-refractivity contribution in [2.24, 2.45) is 10.8 Å². The third-order valence-electron chi connectivity index (χ3n) is 3.18. The van der Waals surface area contributed by atoms with Crippen LogP contribution in [0.3, 0.4) is 0 Å². The van der Waals surface area contributed by atoms with E-state index >= 15 is 0 Å². The molecule has 8 heteroatoms. The van der Waals surface area contributed by atoms with Crippen LogP contribution in [0.25, 0.3) is 11.0 Å². The van der Waals surface area contributed by atoms with Crippen LogP contribution in [-0.2, 0) is 17.9 Å². The molecular weight excluding hydrogens is 270 g/mol. The van der Waals surface area contributed by atoms with E-state index in [4.69, 9.17) is 21.1 Å². The van der Waals surface area contributed by atoms with Gasteiger partial charge in [0.2, 0.25) is 5.71 Å². The van der Waals surface area contributed by atoms with E-state index in [1.165, 1.54) is 0 Å². The zero-order chi connectivity index (χ0) is 14.8. The molecule has 1 aliphatic rings. The van der Waals surface area contributed by atoms with Crippen molar-refractivity contribution in [2.45, 2.75) is 13.2 Å². The van der Waals surface area contributed by atoms with E-state index < -0.39 is 0 Å². The SMILES string of the molecule is N#C/C(=N\Nc1ccc2c(c1)nc1n2CCOC1)C(=N)N. The van der Waals surface area contributed by atoms with Gasteiger partial charge in [-0.2, -0.15) is 10.4 Å². The van der Waals surface area contributed by atoms with Crippen molar-refractivity contribution in [3.8, 4) is 6.07 Å². The number of nitriles is 1. The van der Waals surface area contributed by atoms with Crippen molar-refractivity contribution in [1.82, 2.24) is 9.55 Å². The van der Waals surface area contributed by atoms with Crippen molar-refractivity contribution in [1.29, 1.82) is 10.7 Å². The number of ether oxygens (including phenoxy) is 1. The summed E-state index contributed by atoms with van der Waals surface area (Å²) in [5.41, 5.74) is 10.3. The molecule has 0 spiro atoms. The highest BCUT2D eigenvalue weighted by Crippen LogP contribution is 2.22. The summed E-state index contributed by atoms with van der Waals surface area (Å²) >= 11 is 0. The maximum Gasteiger partial charge on any atom is 0.201 e. The summed E-state index contributed by atoms with van der Waals surface area (Å²) in [6.07, 6.45) is 0. The van der Waals surface area contributed by atoms with Gasteiger partial charge in [-0.15, -0.1) is 0 Å². The Morgan fingerprint density at radius 3 is 3.19 bits per heavy atom. The van der Waals surface area contributed by atoms with Gasteiger partial charge < -0.3 is 15.0 Å². The average molecular weight is 283 g/mol. The molecule has 2 aromatic rings. The van der Waals surface area contributed by atoms with E-state index in [2.05, 4.69) is 20.1 Å². The molecule has 0 atom stereocenters. The number of amidine groups is 1. The number of anilines is 1. The first kappa shape index (κ1) is 13.1. The van der Waals surface area contributed by atoms with Gasteiger partial charge in [-0.1, -0.05) is 0 Å². The molecule has 0 unspecified atom stereocenters. The summed E-state index contributed by atoms with van der Waals surface area (Å²) in [5, 5.41) is 19.8. The molecule has 2 heterocycles. The van der Waals surface area contributed by atoms with Crippen LogP contribution in [0.5, 0.6) is 0 Å². The third-order valence-corrected chi connectivity index (χ3v) is 3.18. The van der Waals surface area contributed by atoms with Crippen LogP contribution in [0.2, 0.25) is 0 Å². The van der Waals surface area contributed by atoms with E-state index in [1.807, 2.05) is 18.2 Å². The fourth-order valence-corrected chi connectivity index (χ4v) is 2.19. The number of imidazole rings is 1. The van der Waals surface area contributed by atoms with Gasteiger partial charge >= 0.3 is 0 Å². The number of nitrogens with one attached hydrogen (secondary N) is 2. The number of hydrazone groups is 1. The number of benzene rings is 1. The Kier molecular flexibility index (Phi) is 3.25. The molecule has 0 fully saturated rings. The molecule has 0 amide bonds. The second-order valence-electron chi connectivity index (χ2n) is 4.53. The lowest BCUT2D eigenvalue weighted by Crippen LogP contribution is -2.21. The Labute approximate surface area is 120 Å². The van der Waals surface area contributed by atoms with Crippen LogP contribution in [-0.4, -0.2) is 27.7 Å². The Morgan fingerprint density at radius 1 is 1.57 bits per heavy atom. The molecule has 21 heavy (non-hydrogen) atoms. The molecule has 1 aliphatic heterocycles. The topological polar surface area (TPSA) is 125 Å². The standard InChI is InChI=1S/C13H13N7O/c14-6-10(13(15)16)19-18-8-1-2-11-9(5-8)17-12-7-21-4-3-20(11)12/h1-2,5,18H,3-4,7H2,(H3,15,16)/b19-10+. The minimum atomic E-state index is -0.374. The number of hydrogen-bond acceptors (Lipinski definition) is 6. The number of fused-ring (bicyclic) bond motifs is 3. The van der Waals surface area contributed by atoms with Crippen LogP contribution in [0.1, 0.15) is 5.82 Å². The third kappa shape index (κ3) is 2.42. The molecule has 0 radical (unpaired) electrons. The molecule has 8 nitrogen and oxygen atoms in total. The molecular formula is C13H13N7O. The number of nitrogens with zero attached hydrogens (tertiary/aromatic N) is 4. The van der Waals surface area contributed by atoms with Gasteiger partial charge in [0.1, 0.15) is 18.5 Å². The Bertz CT molecular complexity index is 784. The van der Waals surface area contributed by atoms with Gasteiger partial charge in [-0.3, -0.25) is 10.8 Å². The van der Waals surface area contributed by atoms with Gasteiger partial charge in [-0.05, 0) is 18.2 Å². The number of hydrogen-bond donors (Lipinski definition) is 3. The Hall–Kier alpha value is -2.92. The highest BCUT2D eigenvalue weighted by atomic mass is 16.5. The van der Waals surface area contributed by atoms with E-state index in [-0.39, 0.29) is 11.5 Å². The molecule has 0 aliphatic carbocycles. The molecule has 4 N–H and O–H groups in total. The average Bonchev–Trinajstić information content (AvgIpc) is 2.85. The lowest BCUT2D eigenvalue weighted by atomic mass is 10.3. The van der Waals surface area contributed by atoms with Crippen molar-refractivity contribution in [3.63, 3.8) is 0 Å². The fourth-order valence-electron chi connectivity index (χ4n) is 2.19. The number of rotatable bonds is 3. The maximum absolute atomic E-state index is 8.79. The van der Waals surface area contributed by atoms with Gasteiger partial charge in [0.15, 0.2) is 5.84 Å². The zero-order valence-corrected chi connectivity index (χ0v) is 11.1. The quantitative estimate of drug-likeness (QED) is 0.436. The normalized spacial score (nSPS) is 14.5. The molecule has 106 valence electrons. The summed E-state index contributed by atoms with van der Waals surface area (Å²) < 4.78 is 7.51. The summed E-state index contributed by atoms with van der Waals surface area (Å²) in [6.45, 7) is 1.99. The second-order valence-corrected chi connectivity index (χ2v) is 4.53. The predicted octanol–water partition coefficient (Wildman–Crippen LogP) is 0.794. The first-order chi connectivity index (χ1) is 10.2. The molecule has 3 rings (SSSR count). The van der Waals surface area contributed by atoms with Crippen molar-refractivity contribution in [3.05, 3.63) is 24.0 Å². The van der Waals surface area contributed by atoms with Crippen LogP contribution in [0.15, 0.2) is 23.3 Å². The molecule has 0 saturated carbocycles. The van der Waals surface area contributed by atoms with Crippen molar-refractivity contribution >= 4 is 28.3 Å². The van der Waals surface area contributed by atoms with Crippen LogP contribution < -0.4 is 11.2 Å². The predicted molar refractivity (Wildman–Crippen MR) is 78.0 cm³/mol. The second kappa shape index (κ2) is 5.22. The van der Waals surface area contributed by atoms with E-state index in [0.29, 0.717) is 18.9 Å². The highest BCUT2D eigenvalue weighted by molar-refractivity contribution is 6.45. The minimum Gasteiger partial charge on any atom is -0.382 e. The molecule has 1 aromatic carbocycles. The number of aromatic nitrogens is 2. The van der Waals surface area contributed by atoms with Gasteiger partial charge in [0.25, 0.3) is 0 Å². The maximum atomic E-state index is 8.79. The van der Waals surface area contributed by atoms with Crippen molar-refractivity contribution < 1.29 is 4.74 Å². The van der Waals surface area contributed by atoms with Crippen molar-refractivity contribution in [2.75, 3.05) is 12.0 Å². The van der Waals surface area contributed by atoms with Gasteiger partial charge in [-0.25, -0.2) is 4.98 Å². The lowest BCUT2D eigenvalue weighted by Gasteiger charge is -2.14. The minimum absolute atomic E-state index is 0.160. The van der Waals surface area contributed by atoms with Crippen LogP contribution >= 0.6 is 0 Å². The molecule has 1 aromatic heterocycles. The Balaban J connectivity index is 1.92. The van der Waals surface area contributed by atoms with Crippen LogP contribution in [0.4, 0.5) is 5.69 Å². The van der Waals surface area contributed by atoms with Gasteiger partial charge in [0.05, 0.1) is 23.3 Å². The number of nitrogens with two attached hydrogens (primary N) is 1. The molecule has 0 saturated heterocycles. The highest BCUT2D eigenvalue weighted by Gasteiger charge is 2.14. The molecule has 0 bridgehead atoms. The smallest absolute Gasteiger partial charge is 0.201 e. The lowest BCUT2D eigenvalue weighted by molar-refractivity contribution is 0.0830. The first-order valence-corrected chi connectivity index (χ1v) is 6.34. The van der Waals surface area contributed by atoms with Gasteiger partial charge in [0, 0.05) is 6.54 Å². The zero-order valence-electron chi connectivity index (χ0n) is 11.1. The summed E-state index contributed by atoms with van der Waals surface area (Å²) in [5.74, 6) is 0.527.